The summed E-state index contributed by atoms with van der Waals surface area (Å²) in [5, 5.41) is 1.62. The number of pyridine rings is 1. The first-order chi connectivity index (χ1) is 8.25. The maximum atomic E-state index is 6.19. The first-order valence-corrected chi connectivity index (χ1v) is 5.58. The second-order valence-electron chi connectivity index (χ2n) is 3.84. The van der Waals surface area contributed by atoms with Crippen LogP contribution < -0.4 is 0 Å². The van der Waals surface area contributed by atoms with E-state index in [2.05, 4.69) is 16.0 Å². The predicted molar refractivity (Wildman–Crippen MR) is 67.0 cm³/mol. The summed E-state index contributed by atoms with van der Waals surface area (Å²) in [6.45, 7) is 2.01. The van der Waals surface area contributed by atoms with Crippen molar-refractivity contribution in [2.75, 3.05) is 0 Å². The Morgan fingerprint density at radius 1 is 1.24 bits per heavy atom. The quantitative estimate of drug-likeness (QED) is 0.653. The largest absolute Gasteiger partial charge is 0.444 e. The second-order valence-corrected chi connectivity index (χ2v) is 4.25. The number of hydrogen-bond acceptors (Lipinski definition) is 3. The van der Waals surface area contributed by atoms with Crippen LogP contribution in [0.3, 0.4) is 0 Å². The third-order valence-corrected chi connectivity index (χ3v) is 2.90. The molecule has 0 aliphatic rings. The second kappa shape index (κ2) is 3.86. The number of halogens is 1. The highest BCUT2D eigenvalue weighted by Gasteiger charge is 2.13. The van der Waals surface area contributed by atoms with Crippen molar-refractivity contribution in [2.45, 2.75) is 6.92 Å². The van der Waals surface area contributed by atoms with E-state index < -0.39 is 0 Å². The molecular weight excluding hydrogens is 236 g/mol. The molecule has 0 bridgehead atoms. The highest BCUT2D eigenvalue weighted by Crippen LogP contribution is 2.33. The summed E-state index contributed by atoms with van der Waals surface area (Å²) < 4.78 is 5.30. The minimum absolute atomic E-state index is 0.497. The Morgan fingerprint density at radius 2 is 2.12 bits per heavy atom. The zero-order chi connectivity index (χ0) is 11.8. The number of nitrogens with zero attached hydrogens (tertiary/aromatic N) is 2. The van der Waals surface area contributed by atoms with Crippen LogP contribution in [0, 0.1) is 6.92 Å². The molecule has 3 aromatic rings. The fraction of sp³-hybridized carbons (Fsp3) is 0.0769. The molecule has 0 aliphatic carbocycles. The van der Waals surface area contributed by atoms with Gasteiger partial charge in [-0.25, -0.2) is 4.98 Å². The fourth-order valence-electron chi connectivity index (χ4n) is 1.84. The lowest BCUT2D eigenvalue weighted by Gasteiger charge is -2.05. The van der Waals surface area contributed by atoms with Gasteiger partial charge in [-0.1, -0.05) is 17.7 Å². The molecule has 3 rings (SSSR count). The van der Waals surface area contributed by atoms with Crippen LogP contribution in [-0.4, -0.2) is 9.97 Å². The molecule has 0 radical (unpaired) electrons. The molecule has 0 fully saturated rings. The van der Waals surface area contributed by atoms with Crippen molar-refractivity contribution in [3.05, 3.63) is 47.4 Å². The van der Waals surface area contributed by atoms with Gasteiger partial charge in [0.2, 0.25) is 5.89 Å². The molecule has 4 heteroatoms. The Morgan fingerprint density at radius 3 is 2.88 bits per heavy atom. The molecule has 0 aliphatic heterocycles. The number of oxazole rings is 1. The summed E-state index contributed by atoms with van der Waals surface area (Å²) in [6.07, 6.45) is 4.93. The molecule has 1 aromatic carbocycles. The highest BCUT2D eigenvalue weighted by molar-refractivity contribution is 6.34. The van der Waals surface area contributed by atoms with Crippen LogP contribution in [0.5, 0.6) is 0 Å². The summed E-state index contributed by atoms with van der Waals surface area (Å²) in [6, 6.07) is 5.85. The first-order valence-electron chi connectivity index (χ1n) is 5.20. The normalized spacial score (nSPS) is 10.9. The standard InChI is InChI=1S/C13H9ClN2O/c1-8-6-9-2-3-10(14)11(12(9)16-7-8)13-15-4-5-17-13/h2-7H,1H3. The van der Waals surface area contributed by atoms with E-state index >= 15 is 0 Å². The van der Waals surface area contributed by atoms with Crippen LogP contribution in [0.15, 0.2) is 41.3 Å². The van der Waals surface area contributed by atoms with Crippen molar-refractivity contribution in [1.82, 2.24) is 9.97 Å². The minimum atomic E-state index is 0.497. The van der Waals surface area contributed by atoms with Crippen molar-refractivity contribution < 1.29 is 4.42 Å². The Labute approximate surface area is 103 Å². The molecular formula is C13H9ClN2O. The molecule has 0 atom stereocenters. The van der Waals surface area contributed by atoms with Gasteiger partial charge in [0.1, 0.15) is 6.26 Å². The molecule has 17 heavy (non-hydrogen) atoms. The van der Waals surface area contributed by atoms with Gasteiger partial charge < -0.3 is 4.42 Å². The number of rotatable bonds is 1. The lowest BCUT2D eigenvalue weighted by Crippen LogP contribution is -1.87. The molecule has 0 saturated carbocycles. The zero-order valence-corrected chi connectivity index (χ0v) is 9.90. The smallest absolute Gasteiger partial charge is 0.229 e. The van der Waals surface area contributed by atoms with Crippen LogP contribution in [0.1, 0.15) is 5.56 Å². The molecule has 0 spiro atoms. The van der Waals surface area contributed by atoms with Gasteiger partial charge in [-0.05, 0) is 24.6 Å². The van der Waals surface area contributed by atoms with Crippen LogP contribution >= 0.6 is 11.6 Å². The lowest BCUT2D eigenvalue weighted by atomic mass is 10.1. The van der Waals surface area contributed by atoms with Crippen LogP contribution in [0.2, 0.25) is 5.02 Å². The SMILES string of the molecule is Cc1cnc2c(-c3ncco3)c(Cl)ccc2c1. The first kappa shape index (κ1) is 10.3. The third-order valence-electron chi connectivity index (χ3n) is 2.58. The average Bonchev–Trinajstić information content (AvgIpc) is 2.82. The van der Waals surface area contributed by atoms with E-state index in [1.807, 2.05) is 25.3 Å². The van der Waals surface area contributed by atoms with Gasteiger partial charge in [0.15, 0.2) is 0 Å². The highest BCUT2D eigenvalue weighted by atomic mass is 35.5. The summed E-state index contributed by atoms with van der Waals surface area (Å²) >= 11 is 6.19. The fourth-order valence-corrected chi connectivity index (χ4v) is 2.07. The van der Waals surface area contributed by atoms with Crippen molar-refractivity contribution in [1.29, 1.82) is 0 Å². The van der Waals surface area contributed by atoms with Crippen molar-refractivity contribution >= 4 is 22.5 Å². The maximum Gasteiger partial charge on any atom is 0.229 e. The van der Waals surface area contributed by atoms with Crippen molar-refractivity contribution in [3.8, 4) is 11.5 Å². The van der Waals surface area contributed by atoms with E-state index in [0.29, 0.717) is 10.9 Å². The van der Waals surface area contributed by atoms with Crippen LogP contribution in [0.4, 0.5) is 0 Å². The average molecular weight is 245 g/mol. The van der Waals surface area contributed by atoms with Crippen molar-refractivity contribution in [3.63, 3.8) is 0 Å². The van der Waals surface area contributed by atoms with Crippen LogP contribution in [-0.2, 0) is 0 Å². The summed E-state index contributed by atoms with van der Waals surface area (Å²) in [7, 11) is 0. The van der Waals surface area contributed by atoms with E-state index in [0.717, 1.165) is 22.0 Å². The zero-order valence-electron chi connectivity index (χ0n) is 9.14. The molecule has 2 heterocycles. The number of aryl methyl sites for hydroxylation is 1. The van der Waals surface area contributed by atoms with E-state index in [1.54, 1.807) is 6.20 Å². The van der Waals surface area contributed by atoms with E-state index in [9.17, 15) is 0 Å². The third kappa shape index (κ3) is 1.68. The minimum Gasteiger partial charge on any atom is -0.444 e. The molecule has 0 amide bonds. The number of fused-ring (bicyclic) bond motifs is 1. The number of aromatic nitrogens is 2. The van der Waals surface area contributed by atoms with Gasteiger partial charge in [-0.15, -0.1) is 0 Å². The van der Waals surface area contributed by atoms with Gasteiger partial charge in [-0.2, -0.15) is 0 Å². The topological polar surface area (TPSA) is 38.9 Å². The Balaban J connectivity index is 2.40. The predicted octanol–water partition coefficient (Wildman–Crippen LogP) is 3.85. The lowest BCUT2D eigenvalue weighted by molar-refractivity contribution is 0.575. The van der Waals surface area contributed by atoms with Gasteiger partial charge >= 0.3 is 0 Å². The molecule has 0 unspecified atom stereocenters. The van der Waals surface area contributed by atoms with E-state index in [4.69, 9.17) is 16.0 Å². The van der Waals surface area contributed by atoms with E-state index in [-0.39, 0.29) is 0 Å². The summed E-state index contributed by atoms with van der Waals surface area (Å²) in [5.74, 6) is 0.497. The van der Waals surface area contributed by atoms with Gasteiger partial charge in [0, 0.05) is 11.6 Å². The number of hydrogen-bond donors (Lipinski definition) is 0. The molecule has 0 N–H and O–H groups in total. The molecule has 2 aromatic heterocycles. The Kier molecular flexibility index (Phi) is 2.34. The maximum absolute atomic E-state index is 6.19. The van der Waals surface area contributed by atoms with E-state index in [1.165, 1.54) is 6.26 Å². The van der Waals surface area contributed by atoms with Crippen LogP contribution in [0.25, 0.3) is 22.4 Å². The van der Waals surface area contributed by atoms with Gasteiger partial charge in [0.05, 0.1) is 22.3 Å². The van der Waals surface area contributed by atoms with Gasteiger partial charge in [0.25, 0.3) is 0 Å². The van der Waals surface area contributed by atoms with Gasteiger partial charge in [-0.3, -0.25) is 4.98 Å². The number of benzene rings is 1. The monoisotopic (exact) mass is 244 g/mol. The summed E-state index contributed by atoms with van der Waals surface area (Å²) in [4.78, 5) is 8.54. The molecule has 3 nitrogen and oxygen atoms in total. The Bertz CT molecular complexity index is 677. The molecule has 84 valence electrons. The molecule has 0 saturated heterocycles. The Hall–Kier alpha value is -1.87. The summed E-state index contributed by atoms with van der Waals surface area (Å²) in [5.41, 5.74) is 2.66. The van der Waals surface area contributed by atoms with Crippen molar-refractivity contribution in [2.24, 2.45) is 0 Å².